The molecule has 0 bridgehead atoms. The first-order valence-corrected chi connectivity index (χ1v) is 6.96. The van der Waals surface area contributed by atoms with E-state index in [4.69, 9.17) is 19.9 Å². The molecule has 0 fully saturated rings. The zero-order valence-electron chi connectivity index (χ0n) is 12.2. The number of nitrogens with two attached hydrogens (primary N) is 1. The number of hydrogen-bond acceptors (Lipinski definition) is 4. The first-order chi connectivity index (χ1) is 10.2. The highest BCUT2D eigenvalue weighted by atomic mass is 16.5. The Morgan fingerprint density at radius 3 is 2.57 bits per heavy atom. The van der Waals surface area contributed by atoms with Gasteiger partial charge in [-0.05, 0) is 23.8 Å². The molecule has 0 radical (unpaired) electrons. The van der Waals surface area contributed by atoms with E-state index in [1.807, 2.05) is 42.5 Å². The summed E-state index contributed by atoms with van der Waals surface area (Å²) in [6.07, 6.45) is 0.668. The fourth-order valence-electron chi connectivity index (χ4n) is 2.71. The van der Waals surface area contributed by atoms with Crippen LogP contribution in [0, 0.1) is 0 Å². The van der Waals surface area contributed by atoms with Crippen molar-refractivity contribution in [3.05, 3.63) is 53.6 Å². The Morgan fingerprint density at radius 2 is 1.81 bits per heavy atom. The van der Waals surface area contributed by atoms with Crippen LogP contribution in [0.15, 0.2) is 42.5 Å². The van der Waals surface area contributed by atoms with Gasteiger partial charge in [-0.3, -0.25) is 0 Å². The second-order valence-corrected chi connectivity index (χ2v) is 5.10. The molecule has 1 aliphatic rings. The summed E-state index contributed by atoms with van der Waals surface area (Å²) >= 11 is 0. The van der Waals surface area contributed by atoms with Gasteiger partial charge in [0.05, 0.1) is 14.2 Å². The number of methoxy groups -OCH3 is 2. The lowest BCUT2D eigenvalue weighted by atomic mass is 9.93. The van der Waals surface area contributed by atoms with E-state index in [0.717, 1.165) is 23.3 Å². The second kappa shape index (κ2) is 5.66. The van der Waals surface area contributed by atoms with Gasteiger partial charge >= 0.3 is 0 Å². The van der Waals surface area contributed by atoms with Crippen LogP contribution < -0.4 is 19.9 Å². The third-order valence-electron chi connectivity index (χ3n) is 3.84. The lowest BCUT2D eigenvalue weighted by molar-refractivity contribution is 0.161. The van der Waals surface area contributed by atoms with Gasteiger partial charge in [0, 0.05) is 18.0 Å². The van der Waals surface area contributed by atoms with Crippen LogP contribution in [-0.2, 0) is 0 Å². The van der Waals surface area contributed by atoms with Crippen LogP contribution in [0.3, 0.4) is 0 Å². The van der Waals surface area contributed by atoms with Crippen LogP contribution >= 0.6 is 0 Å². The summed E-state index contributed by atoms with van der Waals surface area (Å²) in [5.41, 5.74) is 8.37. The van der Waals surface area contributed by atoms with Crippen molar-refractivity contribution >= 4 is 0 Å². The van der Waals surface area contributed by atoms with Crippen LogP contribution in [0.1, 0.15) is 29.7 Å². The molecule has 0 unspecified atom stereocenters. The fourth-order valence-corrected chi connectivity index (χ4v) is 2.71. The molecular weight excluding hydrogens is 266 g/mol. The average Bonchev–Trinajstić information content (AvgIpc) is 2.54. The lowest BCUT2D eigenvalue weighted by Crippen LogP contribution is -2.24. The third-order valence-corrected chi connectivity index (χ3v) is 3.84. The van der Waals surface area contributed by atoms with E-state index in [2.05, 4.69) is 0 Å². The molecule has 4 heteroatoms. The number of hydrogen-bond donors (Lipinski definition) is 1. The number of rotatable bonds is 3. The molecule has 0 saturated heterocycles. The van der Waals surface area contributed by atoms with Crippen LogP contribution in [0.25, 0.3) is 0 Å². The molecule has 110 valence electrons. The third kappa shape index (κ3) is 2.54. The summed E-state index contributed by atoms with van der Waals surface area (Å²) in [5, 5.41) is 0. The van der Waals surface area contributed by atoms with Crippen molar-refractivity contribution in [3.63, 3.8) is 0 Å². The zero-order chi connectivity index (χ0) is 14.8. The molecule has 0 amide bonds. The highest BCUT2D eigenvalue weighted by Gasteiger charge is 2.27. The van der Waals surface area contributed by atoms with Gasteiger partial charge in [0.25, 0.3) is 0 Å². The van der Waals surface area contributed by atoms with Crippen molar-refractivity contribution in [2.24, 2.45) is 5.73 Å². The van der Waals surface area contributed by atoms with Crippen molar-refractivity contribution < 1.29 is 14.2 Å². The van der Waals surface area contributed by atoms with Gasteiger partial charge in [-0.1, -0.05) is 24.3 Å². The van der Waals surface area contributed by atoms with Crippen molar-refractivity contribution in [3.8, 4) is 17.2 Å². The van der Waals surface area contributed by atoms with Gasteiger partial charge in [0.2, 0.25) is 0 Å². The number of ether oxygens (including phenoxy) is 3. The van der Waals surface area contributed by atoms with E-state index in [1.54, 1.807) is 14.2 Å². The molecule has 0 saturated carbocycles. The first-order valence-electron chi connectivity index (χ1n) is 6.96. The number of fused-ring (bicyclic) bond motifs is 1. The Balaban J connectivity index is 1.92. The normalized spacial score (nSPS) is 20.3. The van der Waals surface area contributed by atoms with Gasteiger partial charge in [0.15, 0.2) is 11.5 Å². The molecule has 0 aromatic heterocycles. The van der Waals surface area contributed by atoms with E-state index in [-0.39, 0.29) is 12.1 Å². The molecule has 2 N–H and O–H groups in total. The highest BCUT2D eigenvalue weighted by molar-refractivity contribution is 5.45. The SMILES string of the molecule is COc1ccc([C@H]2C[C@@H](N)c3ccccc3O2)cc1OC. The van der Waals surface area contributed by atoms with Crippen LogP contribution in [-0.4, -0.2) is 14.2 Å². The van der Waals surface area contributed by atoms with Crippen molar-refractivity contribution in [2.45, 2.75) is 18.6 Å². The summed E-state index contributed by atoms with van der Waals surface area (Å²) in [5.74, 6) is 2.27. The molecule has 2 atom stereocenters. The van der Waals surface area contributed by atoms with E-state index in [9.17, 15) is 0 Å². The van der Waals surface area contributed by atoms with Gasteiger partial charge in [-0.15, -0.1) is 0 Å². The predicted octanol–water partition coefficient (Wildman–Crippen LogP) is 3.23. The zero-order valence-corrected chi connectivity index (χ0v) is 12.2. The molecule has 3 rings (SSSR count). The maximum Gasteiger partial charge on any atom is 0.161 e. The maximum absolute atomic E-state index is 6.26. The van der Waals surface area contributed by atoms with Gasteiger partial charge < -0.3 is 19.9 Å². The Hall–Kier alpha value is -2.20. The molecule has 1 aliphatic heterocycles. The second-order valence-electron chi connectivity index (χ2n) is 5.10. The van der Waals surface area contributed by atoms with Crippen LogP contribution in [0.5, 0.6) is 17.2 Å². The summed E-state index contributed by atoms with van der Waals surface area (Å²) in [4.78, 5) is 0. The molecule has 4 nitrogen and oxygen atoms in total. The molecule has 0 aliphatic carbocycles. The topological polar surface area (TPSA) is 53.7 Å². The minimum Gasteiger partial charge on any atom is -0.493 e. The standard InChI is InChI=1S/C17H19NO3/c1-19-15-8-7-11(9-17(15)20-2)16-10-13(18)12-5-3-4-6-14(12)21-16/h3-9,13,16H,10,18H2,1-2H3/t13-,16-/m1/s1. The maximum atomic E-state index is 6.26. The molecule has 2 aromatic rings. The minimum atomic E-state index is -0.0743. The Morgan fingerprint density at radius 1 is 1.05 bits per heavy atom. The smallest absolute Gasteiger partial charge is 0.161 e. The Kier molecular flexibility index (Phi) is 3.71. The Labute approximate surface area is 124 Å². The van der Waals surface area contributed by atoms with E-state index < -0.39 is 0 Å². The quantitative estimate of drug-likeness (QED) is 0.940. The summed E-state index contributed by atoms with van der Waals surface area (Å²) < 4.78 is 16.7. The first kappa shape index (κ1) is 13.8. The predicted molar refractivity (Wildman–Crippen MR) is 80.9 cm³/mol. The van der Waals surface area contributed by atoms with E-state index >= 15 is 0 Å². The summed E-state index contributed by atoms with van der Waals surface area (Å²) in [7, 11) is 3.26. The van der Waals surface area contributed by atoms with E-state index in [1.165, 1.54) is 0 Å². The lowest BCUT2D eigenvalue weighted by Gasteiger charge is -2.30. The van der Waals surface area contributed by atoms with Gasteiger partial charge in [-0.25, -0.2) is 0 Å². The molecule has 1 heterocycles. The highest BCUT2D eigenvalue weighted by Crippen LogP contribution is 2.41. The molecule has 2 aromatic carbocycles. The fraction of sp³-hybridized carbons (Fsp3) is 0.294. The molecule has 21 heavy (non-hydrogen) atoms. The monoisotopic (exact) mass is 285 g/mol. The minimum absolute atomic E-state index is 0.0203. The van der Waals surface area contributed by atoms with Crippen molar-refractivity contribution in [1.29, 1.82) is 0 Å². The summed E-state index contributed by atoms with van der Waals surface area (Å²) in [6.45, 7) is 0. The van der Waals surface area contributed by atoms with Gasteiger partial charge in [0.1, 0.15) is 11.9 Å². The van der Waals surface area contributed by atoms with Crippen molar-refractivity contribution in [1.82, 2.24) is 0 Å². The van der Waals surface area contributed by atoms with Crippen LogP contribution in [0.2, 0.25) is 0 Å². The average molecular weight is 285 g/mol. The Bertz CT molecular complexity index is 642. The van der Waals surface area contributed by atoms with E-state index in [0.29, 0.717) is 11.5 Å². The van der Waals surface area contributed by atoms with Gasteiger partial charge in [-0.2, -0.15) is 0 Å². The van der Waals surface area contributed by atoms with Crippen molar-refractivity contribution in [2.75, 3.05) is 14.2 Å². The summed E-state index contributed by atoms with van der Waals surface area (Å²) in [6, 6.07) is 13.7. The number of para-hydroxylation sites is 1. The number of benzene rings is 2. The van der Waals surface area contributed by atoms with Crippen LogP contribution in [0.4, 0.5) is 0 Å². The molecule has 0 spiro atoms. The largest absolute Gasteiger partial charge is 0.493 e. The molecular formula is C17H19NO3.